The summed E-state index contributed by atoms with van der Waals surface area (Å²) in [5, 5.41) is 6.56. The molecule has 32 heavy (non-hydrogen) atoms. The molecule has 6 heteroatoms. The Morgan fingerprint density at radius 1 is 1.00 bits per heavy atom. The Bertz CT molecular complexity index is 1080. The molecule has 1 aromatic heterocycles. The highest BCUT2D eigenvalue weighted by atomic mass is 35.5. The average Bonchev–Trinajstić information content (AvgIpc) is 3.23. The summed E-state index contributed by atoms with van der Waals surface area (Å²) in [6, 6.07) is 16.2. The summed E-state index contributed by atoms with van der Waals surface area (Å²) < 4.78 is 1.88. The van der Waals surface area contributed by atoms with Gasteiger partial charge in [-0.1, -0.05) is 61.2 Å². The fourth-order valence-corrected chi connectivity index (χ4v) is 5.51. The Hall–Kier alpha value is -2.37. The number of hydrogen-bond acceptors (Lipinski definition) is 3. The molecule has 1 atom stereocenters. The molecule has 0 bridgehead atoms. The zero-order valence-electron chi connectivity index (χ0n) is 18.7. The van der Waals surface area contributed by atoms with Gasteiger partial charge in [0, 0.05) is 48.2 Å². The maximum absolute atomic E-state index is 13.5. The van der Waals surface area contributed by atoms with Crippen molar-refractivity contribution in [3.8, 4) is 11.3 Å². The number of carbonyl (C=O) groups is 1. The first-order chi connectivity index (χ1) is 15.6. The predicted octanol–water partition coefficient (Wildman–Crippen LogP) is 5.39. The minimum absolute atomic E-state index is 0.146. The quantitative estimate of drug-likeness (QED) is 0.534. The Labute approximate surface area is 194 Å². The van der Waals surface area contributed by atoms with Crippen molar-refractivity contribution in [2.45, 2.75) is 51.1 Å². The zero-order valence-corrected chi connectivity index (χ0v) is 19.5. The van der Waals surface area contributed by atoms with Crippen LogP contribution in [-0.2, 0) is 4.79 Å². The number of carbonyl (C=O) groups excluding carboxylic acids is 1. The molecule has 2 aliphatic rings. The van der Waals surface area contributed by atoms with E-state index >= 15 is 0 Å². The van der Waals surface area contributed by atoms with Crippen molar-refractivity contribution in [1.82, 2.24) is 19.6 Å². The first-order valence-electron chi connectivity index (χ1n) is 11.9. The van der Waals surface area contributed by atoms with Crippen molar-refractivity contribution in [3.63, 3.8) is 0 Å². The lowest BCUT2D eigenvalue weighted by Crippen LogP contribution is -2.53. The van der Waals surface area contributed by atoms with Crippen molar-refractivity contribution in [2.75, 3.05) is 26.2 Å². The van der Waals surface area contributed by atoms with Crippen molar-refractivity contribution in [3.05, 3.63) is 53.6 Å². The van der Waals surface area contributed by atoms with E-state index in [9.17, 15) is 4.79 Å². The second-order valence-corrected chi connectivity index (χ2v) is 9.59. The van der Waals surface area contributed by atoms with Crippen LogP contribution < -0.4 is 0 Å². The molecule has 168 valence electrons. The molecular weight excluding hydrogens is 420 g/mol. The number of halogens is 1. The van der Waals surface area contributed by atoms with Crippen LogP contribution in [0.3, 0.4) is 0 Å². The number of fused-ring (bicyclic) bond motifs is 1. The monoisotopic (exact) mass is 450 g/mol. The minimum atomic E-state index is -0.364. The van der Waals surface area contributed by atoms with Crippen LogP contribution >= 0.6 is 11.6 Å². The Balaban J connectivity index is 1.37. The van der Waals surface area contributed by atoms with Gasteiger partial charge in [0.1, 0.15) is 11.7 Å². The topological polar surface area (TPSA) is 41.4 Å². The molecule has 1 aliphatic carbocycles. The molecule has 3 aromatic rings. The molecule has 1 amide bonds. The van der Waals surface area contributed by atoms with E-state index < -0.39 is 0 Å². The van der Waals surface area contributed by atoms with Crippen molar-refractivity contribution in [1.29, 1.82) is 0 Å². The van der Waals surface area contributed by atoms with Crippen LogP contribution in [0.15, 0.2) is 48.5 Å². The molecule has 2 fully saturated rings. The van der Waals surface area contributed by atoms with Gasteiger partial charge in [-0.05, 0) is 38.0 Å². The SMILES string of the molecule is C[C@H](C(=O)N1CCN(C2CCCCC2)CC1)n1nc(-c2ccccc2)c2cc(Cl)ccc21. The van der Waals surface area contributed by atoms with Gasteiger partial charge in [-0.15, -0.1) is 0 Å². The molecule has 1 saturated heterocycles. The number of amides is 1. The van der Waals surface area contributed by atoms with Gasteiger partial charge in [0.05, 0.1) is 5.52 Å². The van der Waals surface area contributed by atoms with Crippen LogP contribution in [0.2, 0.25) is 5.02 Å². The van der Waals surface area contributed by atoms with E-state index in [0.717, 1.165) is 48.3 Å². The van der Waals surface area contributed by atoms with Gasteiger partial charge in [-0.2, -0.15) is 5.10 Å². The van der Waals surface area contributed by atoms with E-state index in [0.29, 0.717) is 11.1 Å². The lowest BCUT2D eigenvalue weighted by atomic mass is 9.94. The summed E-state index contributed by atoms with van der Waals surface area (Å²) in [6.07, 6.45) is 6.70. The third-order valence-electron chi connectivity index (χ3n) is 7.16. The van der Waals surface area contributed by atoms with Crippen LogP contribution in [0, 0.1) is 0 Å². The van der Waals surface area contributed by atoms with Gasteiger partial charge in [0.2, 0.25) is 5.91 Å². The summed E-state index contributed by atoms with van der Waals surface area (Å²) in [7, 11) is 0. The molecule has 0 spiro atoms. The standard InChI is InChI=1S/C26H31ClN4O/c1-19(26(32)30-16-14-29(15-17-30)22-10-6-3-7-11-22)31-24-13-12-21(27)18-23(24)25(28-31)20-8-4-2-5-9-20/h2,4-5,8-9,12-13,18-19,22H,3,6-7,10-11,14-17H2,1H3/t19-/m1/s1. The summed E-state index contributed by atoms with van der Waals surface area (Å²) in [6.45, 7) is 5.53. The minimum Gasteiger partial charge on any atom is -0.338 e. The van der Waals surface area contributed by atoms with E-state index in [-0.39, 0.29) is 11.9 Å². The molecule has 0 N–H and O–H groups in total. The summed E-state index contributed by atoms with van der Waals surface area (Å²) >= 11 is 6.31. The van der Waals surface area contributed by atoms with Crippen molar-refractivity contribution < 1.29 is 4.79 Å². The summed E-state index contributed by atoms with van der Waals surface area (Å²) in [5.41, 5.74) is 2.83. The first-order valence-corrected chi connectivity index (χ1v) is 12.3. The number of piperazine rings is 1. The van der Waals surface area contributed by atoms with Gasteiger partial charge in [-0.25, -0.2) is 0 Å². The largest absolute Gasteiger partial charge is 0.338 e. The van der Waals surface area contributed by atoms with Gasteiger partial charge in [0.25, 0.3) is 0 Å². The molecular formula is C26H31ClN4O. The lowest BCUT2D eigenvalue weighted by Gasteiger charge is -2.41. The molecule has 0 radical (unpaired) electrons. The Morgan fingerprint density at radius 2 is 1.72 bits per heavy atom. The number of benzene rings is 2. The third kappa shape index (κ3) is 4.16. The maximum Gasteiger partial charge on any atom is 0.247 e. The Kier molecular flexibility index (Phi) is 6.20. The molecule has 5 rings (SSSR count). The van der Waals surface area contributed by atoms with Gasteiger partial charge in [-0.3, -0.25) is 14.4 Å². The van der Waals surface area contributed by atoms with Crippen LogP contribution in [-0.4, -0.2) is 57.7 Å². The van der Waals surface area contributed by atoms with Crippen molar-refractivity contribution >= 4 is 28.4 Å². The maximum atomic E-state index is 13.5. The predicted molar refractivity (Wildman–Crippen MR) is 130 cm³/mol. The van der Waals surface area contributed by atoms with E-state index in [1.165, 1.54) is 32.1 Å². The number of hydrogen-bond donors (Lipinski definition) is 0. The smallest absolute Gasteiger partial charge is 0.247 e. The highest BCUT2D eigenvalue weighted by Crippen LogP contribution is 2.32. The fourth-order valence-electron chi connectivity index (χ4n) is 5.34. The van der Waals surface area contributed by atoms with Gasteiger partial charge in [0.15, 0.2) is 0 Å². The third-order valence-corrected chi connectivity index (χ3v) is 7.39. The second kappa shape index (κ2) is 9.24. The molecule has 2 aromatic carbocycles. The molecule has 1 saturated carbocycles. The summed E-state index contributed by atoms with van der Waals surface area (Å²) in [5.74, 6) is 0.146. The number of nitrogens with zero attached hydrogens (tertiary/aromatic N) is 4. The number of rotatable bonds is 4. The van der Waals surface area contributed by atoms with Crippen molar-refractivity contribution in [2.24, 2.45) is 0 Å². The van der Waals surface area contributed by atoms with E-state index in [1.807, 2.05) is 65.0 Å². The van der Waals surface area contributed by atoms with Crippen LogP contribution in [0.5, 0.6) is 0 Å². The Morgan fingerprint density at radius 3 is 2.44 bits per heavy atom. The van der Waals surface area contributed by atoms with Crippen LogP contribution in [0.4, 0.5) is 0 Å². The normalized spacial score (nSPS) is 19.4. The van der Waals surface area contributed by atoms with Gasteiger partial charge < -0.3 is 4.90 Å². The highest BCUT2D eigenvalue weighted by molar-refractivity contribution is 6.31. The highest BCUT2D eigenvalue weighted by Gasteiger charge is 2.30. The first kappa shape index (κ1) is 21.5. The zero-order chi connectivity index (χ0) is 22.1. The lowest BCUT2D eigenvalue weighted by molar-refractivity contribution is -0.136. The van der Waals surface area contributed by atoms with Crippen LogP contribution in [0.25, 0.3) is 22.2 Å². The number of aromatic nitrogens is 2. The van der Waals surface area contributed by atoms with E-state index in [4.69, 9.17) is 16.7 Å². The van der Waals surface area contributed by atoms with Crippen LogP contribution in [0.1, 0.15) is 45.1 Å². The second-order valence-electron chi connectivity index (χ2n) is 9.15. The molecule has 5 nitrogen and oxygen atoms in total. The van der Waals surface area contributed by atoms with E-state index in [2.05, 4.69) is 4.90 Å². The molecule has 2 heterocycles. The molecule has 1 aliphatic heterocycles. The summed E-state index contributed by atoms with van der Waals surface area (Å²) in [4.78, 5) is 18.1. The molecule has 0 unspecified atom stereocenters. The average molecular weight is 451 g/mol. The van der Waals surface area contributed by atoms with Gasteiger partial charge >= 0.3 is 0 Å². The van der Waals surface area contributed by atoms with E-state index in [1.54, 1.807) is 0 Å². The fraction of sp³-hybridized carbons (Fsp3) is 0.462.